The van der Waals surface area contributed by atoms with Crippen LogP contribution in [0.15, 0.2) is 48.5 Å². The standard InChI is InChI=1S/C23H29NO4/c1-17-9-11-18(12-10-17)19-13-15-20(16-14-19)21(25)7-5-6-8-22(26)24-28-23(2,3)27-4/h9-16H,5-8H2,1-4H3,(H,24,26). The number of ether oxygens (including phenoxy) is 1. The van der Waals surface area contributed by atoms with E-state index in [0.29, 0.717) is 31.2 Å². The summed E-state index contributed by atoms with van der Waals surface area (Å²) in [6, 6.07) is 16.0. The average Bonchev–Trinajstić information content (AvgIpc) is 2.70. The molecule has 0 saturated carbocycles. The number of carbonyl (C=O) groups is 2. The molecule has 0 heterocycles. The summed E-state index contributed by atoms with van der Waals surface area (Å²) in [7, 11) is 1.51. The number of carbonyl (C=O) groups excluding carboxylic acids is 2. The summed E-state index contributed by atoms with van der Waals surface area (Å²) in [6.07, 6.45) is 2.00. The molecule has 5 heteroatoms. The van der Waals surface area contributed by atoms with Crippen LogP contribution in [0.25, 0.3) is 11.1 Å². The fraction of sp³-hybridized carbons (Fsp3) is 0.391. The normalized spacial score (nSPS) is 11.3. The SMILES string of the molecule is COC(C)(C)ONC(=O)CCCCC(=O)c1ccc(-c2ccc(C)cc2)cc1. The topological polar surface area (TPSA) is 64.6 Å². The van der Waals surface area contributed by atoms with E-state index >= 15 is 0 Å². The predicted molar refractivity (Wildman–Crippen MR) is 110 cm³/mol. The van der Waals surface area contributed by atoms with Gasteiger partial charge in [-0.3, -0.25) is 9.59 Å². The van der Waals surface area contributed by atoms with Crippen molar-refractivity contribution in [2.24, 2.45) is 0 Å². The number of hydroxylamine groups is 1. The van der Waals surface area contributed by atoms with Gasteiger partial charge in [0, 0.05) is 25.5 Å². The van der Waals surface area contributed by atoms with Crippen LogP contribution in [0.3, 0.4) is 0 Å². The molecule has 2 aromatic rings. The molecule has 1 amide bonds. The predicted octanol–water partition coefficient (Wildman–Crippen LogP) is 4.84. The maximum atomic E-state index is 12.3. The first-order valence-corrected chi connectivity index (χ1v) is 9.53. The van der Waals surface area contributed by atoms with Crippen molar-refractivity contribution in [1.29, 1.82) is 0 Å². The molecule has 0 unspecified atom stereocenters. The first-order valence-electron chi connectivity index (χ1n) is 9.53. The third-order valence-electron chi connectivity index (χ3n) is 4.55. The van der Waals surface area contributed by atoms with Gasteiger partial charge < -0.3 is 4.74 Å². The third-order valence-corrected chi connectivity index (χ3v) is 4.55. The Kier molecular flexibility index (Phi) is 7.91. The van der Waals surface area contributed by atoms with Gasteiger partial charge in [0.25, 0.3) is 0 Å². The third kappa shape index (κ3) is 6.91. The van der Waals surface area contributed by atoms with Crippen LogP contribution in [-0.4, -0.2) is 24.6 Å². The zero-order valence-corrected chi connectivity index (χ0v) is 17.1. The molecule has 5 nitrogen and oxygen atoms in total. The lowest BCUT2D eigenvalue weighted by Crippen LogP contribution is -2.37. The lowest BCUT2D eigenvalue weighted by Gasteiger charge is -2.22. The minimum absolute atomic E-state index is 0.0904. The monoisotopic (exact) mass is 383 g/mol. The van der Waals surface area contributed by atoms with E-state index in [2.05, 4.69) is 36.7 Å². The molecule has 28 heavy (non-hydrogen) atoms. The van der Waals surface area contributed by atoms with Gasteiger partial charge in [0.15, 0.2) is 11.6 Å². The molecular formula is C23H29NO4. The Hall–Kier alpha value is -2.50. The van der Waals surface area contributed by atoms with Crippen molar-refractivity contribution >= 4 is 11.7 Å². The molecule has 0 atom stereocenters. The van der Waals surface area contributed by atoms with Crippen LogP contribution in [-0.2, 0) is 14.4 Å². The number of hydrogen-bond donors (Lipinski definition) is 1. The molecule has 0 aromatic heterocycles. The fourth-order valence-corrected chi connectivity index (χ4v) is 2.58. The maximum absolute atomic E-state index is 12.3. The smallest absolute Gasteiger partial charge is 0.243 e. The van der Waals surface area contributed by atoms with E-state index in [-0.39, 0.29) is 11.7 Å². The van der Waals surface area contributed by atoms with Crippen molar-refractivity contribution in [3.05, 3.63) is 59.7 Å². The molecular weight excluding hydrogens is 354 g/mol. The van der Waals surface area contributed by atoms with Crippen LogP contribution < -0.4 is 5.48 Å². The Morgan fingerprint density at radius 1 is 0.893 bits per heavy atom. The van der Waals surface area contributed by atoms with E-state index in [4.69, 9.17) is 9.57 Å². The molecule has 0 aliphatic heterocycles. The van der Waals surface area contributed by atoms with Crippen molar-refractivity contribution in [2.45, 2.75) is 52.2 Å². The van der Waals surface area contributed by atoms with Gasteiger partial charge in [0.1, 0.15) is 0 Å². The number of ketones is 1. The molecule has 0 aliphatic rings. The number of unbranched alkanes of at least 4 members (excludes halogenated alkanes) is 1. The summed E-state index contributed by atoms with van der Waals surface area (Å²) >= 11 is 0. The van der Waals surface area contributed by atoms with Gasteiger partial charge >= 0.3 is 0 Å². The minimum Gasteiger partial charge on any atom is -0.352 e. The second-order valence-corrected chi connectivity index (χ2v) is 7.30. The van der Waals surface area contributed by atoms with Crippen LogP contribution >= 0.6 is 0 Å². The van der Waals surface area contributed by atoms with E-state index in [1.54, 1.807) is 13.8 Å². The average molecular weight is 383 g/mol. The Labute approximate surface area is 167 Å². The molecule has 0 aliphatic carbocycles. The van der Waals surface area contributed by atoms with Crippen molar-refractivity contribution < 1.29 is 19.2 Å². The van der Waals surface area contributed by atoms with E-state index in [0.717, 1.165) is 11.1 Å². The van der Waals surface area contributed by atoms with Crippen molar-refractivity contribution in [3.63, 3.8) is 0 Å². The molecule has 0 fully saturated rings. The van der Waals surface area contributed by atoms with Crippen molar-refractivity contribution in [3.8, 4) is 11.1 Å². The lowest BCUT2D eigenvalue weighted by atomic mass is 9.99. The molecule has 0 spiro atoms. The number of hydrogen-bond acceptors (Lipinski definition) is 4. The maximum Gasteiger partial charge on any atom is 0.243 e. The molecule has 2 rings (SSSR count). The first kappa shape index (κ1) is 21.8. The second kappa shape index (κ2) is 10.2. The van der Waals surface area contributed by atoms with Crippen LogP contribution in [0, 0.1) is 6.92 Å². The largest absolute Gasteiger partial charge is 0.352 e. The number of aryl methyl sites for hydroxylation is 1. The highest BCUT2D eigenvalue weighted by atomic mass is 16.8. The Morgan fingerprint density at radius 2 is 1.43 bits per heavy atom. The molecule has 0 radical (unpaired) electrons. The number of rotatable bonds is 10. The fourth-order valence-electron chi connectivity index (χ4n) is 2.58. The van der Waals surface area contributed by atoms with Gasteiger partial charge in [0.2, 0.25) is 5.91 Å². The number of amides is 1. The highest BCUT2D eigenvalue weighted by Gasteiger charge is 2.18. The Morgan fingerprint density at radius 3 is 2.00 bits per heavy atom. The quantitative estimate of drug-likeness (QED) is 0.276. The minimum atomic E-state index is -0.865. The highest BCUT2D eigenvalue weighted by Crippen LogP contribution is 2.21. The molecule has 0 saturated heterocycles. The van der Waals surface area contributed by atoms with Gasteiger partial charge in [-0.15, -0.1) is 0 Å². The molecule has 2 aromatic carbocycles. The first-order chi connectivity index (χ1) is 13.3. The summed E-state index contributed by atoms with van der Waals surface area (Å²) < 4.78 is 5.05. The summed E-state index contributed by atoms with van der Waals surface area (Å²) in [5.74, 6) is -0.997. The van der Waals surface area contributed by atoms with Crippen LogP contribution in [0.4, 0.5) is 0 Å². The van der Waals surface area contributed by atoms with Crippen molar-refractivity contribution in [2.75, 3.05) is 7.11 Å². The Bertz CT molecular complexity index is 779. The molecule has 0 bridgehead atoms. The Balaban J connectivity index is 1.74. The number of Topliss-reactive ketones (excluding diaryl/α,β-unsaturated/α-hetero) is 1. The summed E-state index contributed by atoms with van der Waals surface area (Å²) in [5, 5.41) is 0. The molecule has 1 N–H and O–H groups in total. The van der Waals surface area contributed by atoms with E-state index in [1.165, 1.54) is 12.7 Å². The lowest BCUT2D eigenvalue weighted by molar-refractivity contribution is -0.231. The number of nitrogens with one attached hydrogen (secondary N) is 1. The second-order valence-electron chi connectivity index (χ2n) is 7.30. The molecule has 150 valence electrons. The van der Waals surface area contributed by atoms with Gasteiger partial charge in [-0.1, -0.05) is 54.1 Å². The number of benzene rings is 2. The van der Waals surface area contributed by atoms with E-state index in [9.17, 15) is 9.59 Å². The van der Waals surface area contributed by atoms with E-state index in [1.807, 2.05) is 24.3 Å². The number of methoxy groups -OCH3 is 1. The van der Waals surface area contributed by atoms with Gasteiger partial charge in [-0.05, 0) is 44.7 Å². The summed E-state index contributed by atoms with van der Waals surface area (Å²) in [4.78, 5) is 29.2. The van der Waals surface area contributed by atoms with Gasteiger partial charge in [0.05, 0.1) is 0 Å². The van der Waals surface area contributed by atoms with Gasteiger partial charge in [-0.25, -0.2) is 10.3 Å². The zero-order valence-electron chi connectivity index (χ0n) is 17.1. The van der Waals surface area contributed by atoms with Crippen LogP contribution in [0.5, 0.6) is 0 Å². The van der Waals surface area contributed by atoms with Gasteiger partial charge in [-0.2, -0.15) is 0 Å². The van der Waals surface area contributed by atoms with Crippen molar-refractivity contribution in [1.82, 2.24) is 5.48 Å². The van der Waals surface area contributed by atoms with Crippen LogP contribution in [0.2, 0.25) is 0 Å². The van der Waals surface area contributed by atoms with Crippen LogP contribution in [0.1, 0.15) is 55.5 Å². The summed E-state index contributed by atoms with van der Waals surface area (Å²) in [6.45, 7) is 5.47. The zero-order chi connectivity index (χ0) is 20.6. The van der Waals surface area contributed by atoms with E-state index < -0.39 is 5.79 Å². The highest BCUT2D eigenvalue weighted by molar-refractivity contribution is 5.96. The summed E-state index contributed by atoms with van der Waals surface area (Å²) in [5.41, 5.74) is 6.51.